The van der Waals surface area contributed by atoms with Gasteiger partial charge in [-0.25, -0.2) is 4.98 Å². The monoisotopic (exact) mass is 708 g/mol. The molecule has 276 valence electrons. The topological polar surface area (TPSA) is 115 Å². The molecule has 0 atom stereocenters. The van der Waals surface area contributed by atoms with E-state index in [-0.39, 0.29) is 23.3 Å². The van der Waals surface area contributed by atoms with Crippen molar-refractivity contribution in [1.29, 1.82) is 0 Å². The SMILES string of the molecule is CCN(CC)C(=O)c1ccc(Oc2nc(Nc3ccc(N4CCN(CCCN(C)C)CC4)cc3)ncc2C(=O)Nc2c(C)cccc2C)c(OC)c1. The second-order valence-corrected chi connectivity index (χ2v) is 13.2. The Kier molecular flexibility index (Phi) is 13.0. The number of rotatable bonds is 15. The van der Waals surface area contributed by atoms with E-state index in [9.17, 15) is 9.59 Å². The van der Waals surface area contributed by atoms with Crippen LogP contribution in [0.2, 0.25) is 0 Å². The molecule has 1 saturated heterocycles. The number of aromatic nitrogens is 2. The smallest absolute Gasteiger partial charge is 0.262 e. The number of para-hydroxylation sites is 1. The lowest BCUT2D eigenvalue weighted by molar-refractivity contribution is 0.0772. The van der Waals surface area contributed by atoms with Crippen molar-refractivity contribution in [3.63, 3.8) is 0 Å². The zero-order chi connectivity index (χ0) is 37.2. The van der Waals surface area contributed by atoms with Crippen LogP contribution in [0, 0.1) is 13.8 Å². The van der Waals surface area contributed by atoms with E-state index in [0.717, 1.165) is 61.8 Å². The minimum absolute atomic E-state index is 0.0300. The highest BCUT2D eigenvalue weighted by Gasteiger charge is 2.22. The van der Waals surface area contributed by atoms with E-state index in [4.69, 9.17) is 9.47 Å². The van der Waals surface area contributed by atoms with Crippen molar-refractivity contribution in [1.82, 2.24) is 24.7 Å². The van der Waals surface area contributed by atoms with Crippen LogP contribution in [0.15, 0.2) is 66.9 Å². The standard InChI is InChI=1S/C40H52N8O4/c1-8-47(9-2)39(50)30-14-19-34(35(26-30)51-7)52-38-33(37(49)43-36-28(3)12-10-13-29(36)4)27-41-40(44-38)42-31-15-17-32(18-16-31)48-24-22-46(23-25-48)21-11-20-45(5)6/h10,12-19,26-27H,8-9,11,20-25H2,1-7H3,(H,43,49)(H,41,42,44). The molecule has 4 aromatic rings. The second-order valence-electron chi connectivity index (χ2n) is 13.2. The molecule has 12 heteroatoms. The van der Waals surface area contributed by atoms with Gasteiger partial charge < -0.3 is 34.8 Å². The third kappa shape index (κ3) is 9.56. The number of carbonyl (C=O) groups excluding carboxylic acids is 2. The molecule has 1 aliphatic rings. The lowest BCUT2D eigenvalue weighted by Crippen LogP contribution is -2.46. The van der Waals surface area contributed by atoms with Crippen LogP contribution in [0.1, 0.15) is 52.1 Å². The van der Waals surface area contributed by atoms with Crippen LogP contribution >= 0.6 is 0 Å². The molecule has 2 amide bonds. The summed E-state index contributed by atoms with van der Waals surface area (Å²) in [6, 6.07) is 19.0. The van der Waals surface area contributed by atoms with Gasteiger partial charge in [-0.15, -0.1) is 0 Å². The van der Waals surface area contributed by atoms with Crippen molar-refractivity contribution in [2.24, 2.45) is 0 Å². The fourth-order valence-corrected chi connectivity index (χ4v) is 6.26. The van der Waals surface area contributed by atoms with Gasteiger partial charge in [-0.3, -0.25) is 14.5 Å². The summed E-state index contributed by atoms with van der Waals surface area (Å²) in [5, 5.41) is 6.28. The summed E-state index contributed by atoms with van der Waals surface area (Å²) in [6.07, 6.45) is 2.63. The van der Waals surface area contributed by atoms with Crippen LogP contribution in [0.4, 0.5) is 23.0 Å². The Balaban J connectivity index is 1.36. The molecular weight excluding hydrogens is 656 g/mol. The van der Waals surface area contributed by atoms with Crippen LogP contribution < -0.4 is 25.0 Å². The fraction of sp³-hybridized carbons (Fsp3) is 0.400. The third-order valence-electron chi connectivity index (χ3n) is 9.33. The summed E-state index contributed by atoms with van der Waals surface area (Å²) in [7, 11) is 5.74. The summed E-state index contributed by atoms with van der Waals surface area (Å²) in [5.41, 5.74) is 5.12. The van der Waals surface area contributed by atoms with E-state index < -0.39 is 5.91 Å². The third-order valence-corrected chi connectivity index (χ3v) is 9.33. The Morgan fingerprint density at radius 1 is 0.904 bits per heavy atom. The van der Waals surface area contributed by atoms with Crippen molar-refractivity contribution in [3.05, 3.63) is 89.1 Å². The van der Waals surface area contributed by atoms with E-state index >= 15 is 0 Å². The van der Waals surface area contributed by atoms with Gasteiger partial charge in [0.2, 0.25) is 11.8 Å². The highest BCUT2D eigenvalue weighted by atomic mass is 16.5. The summed E-state index contributed by atoms with van der Waals surface area (Å²) >= 11 is 0. The van der Waals surface area contributed by atoms with Gasteiger partial charge in [0.05, 0.1) is 7.11 Å². The predicted molar refractivity (Wildman–Crippen MR) is 208 cm³/mol. The maximum atomic E-state index is 13.7. The summed E-state index contributed by atoms with van der Waals surface area (Å²) < 4.78 is 11.9. The maximum Gasteiger partial charge on any atom is 0.262 e. The van der Waals surface area contributed by atoms with E-state index in [1.807, 2.05) is 58.0 Å². The van der Waals surface area contributed by atoms with Gasteiger partial charge in [-0.2, -0.15) is 4.98 Å². The van der Waals surface area contributed by atoms with Crippen molar-refractivity contribution in [3.8, 4) is 17.4 Å². The predicted octanol–water partition coefficient (Wildman–Crippen LogP) is 6.45. The van der Waals surface area contributed by atoms with Gasteiger partial charge >= 0.3 is 0 Å². The summed E-state index contributed by atoms with van der Waals surface area (Å²) in [4.78, 5) is 44.9. The number of benzene rings is 3. The number of amides is 2. The van der Waals surface area contributed by atoms with Gasteiger partial charge in [-0.1, -0.05) is 18.2 Å². The minimum atomic E-state index is -0.423. The van der Waals surface area contributed by atoms with E-state index in [1.54, 1.807) is 23.1 Å². The molecule has 0 bridgehead atoms. The lowest BCUT2D eigenvalue weighted by atomic mass is 10.1. The van der Waals surface area contributed by atoms with E-state index in [2.05, 4.69) is 61.5 Å². The number of ether oxygens (including phenoxy) is 2. The highest BCUT2D eigenvalue weighted by molar-refractivity contribution is 6.06. The van der Waals surface area contributed by atoms with Crippen LogP contribution in [-0.4, -0.2) is 110 Å². The van der Waals surface area contributed by atoms with Gasteiger partial charge in [0.25, 0.3) is 11.8 Å². The van der Waals surface area contributed by atoms with Crippen LogP contribution in [0.3, 0.4) is 0 Å². The van der Waals surface area contributed by atoms with Gasteiger partial charge in [0, 0.05) is 68.1 Å². The molecule has 0 aliphatic carbocycles. The molecule has 0 spiro atoms. The number of anilines is 4. The average Bonchev–Trinajstić information content (AvgIpc) is 3.14. The first-order valence-electron chi connectivity index (χ1n) is 18.0. The average molecular weight is 709 g/mol. The van der Waals surface area contributed by atoms with E-state index in [0.29, 0.717) is 35.8 Å². The zero-order valence-corrected chi connectivity index (χ0v) is 31.5. The first kappa shape index (κ1) is 38.0. The Morgan fingerprint density at radius 3 is 2.23 bits per heavy atom. The summed E-state index contributed by atoms with van der Waals surface area (Å²) in [6.45, 7) is 15.2. The van der Waals surface area contributed by atoms with Crippen molar-refractivity contribution >= 4 is 34.8 Å². The number of nitrogens with one attached hydrogen (secondary N) is 2. The van der Waals surface area contributed by atoms with Crippen molar-refractivity contribution in [2.75, 3.05) is 89.1 Å². The number of hydrogen-bond donors (Lipinski definition) is 2. The number of carbonyl (C=O) groups is 2. The van der Waals surface area contributed by atoms with Crippen LogP contribution in [0.25, 0.3) is 0 Å². The quantitative estimate of drug-likeness (QED) is 0.143. The molecule has 52 heavy (non-hydrogen) atoms. The maximum absolute atomic E-state index is 13.7. The number of methoxy groups -OCH3 is 1. The first-order valence-corrected chi connectivity index (χ1v) is 18.0. The molecule has 12 nitrogen and oxygen atoms in total. The molecule has 2 N–H and O–H groups in total. The molecule has 1 aliphatic heterocycles. The number of hydrogen-bond acceptors (Lipinski definition) is 10. The van der Waals surface area contributed by atoms with E-state index in [1.165, 1.54) is 19.7 Å². The molecule has 1 fully saturated rings. The molecule has 1 aromatic heterocycles. The molecule has 0 unspecified atom stereocenters. The van der Waals surface area contributed by atoms with Crippen molar-refractivity contribution < 1.29 is 19.1 Å². The first-order chi connectivity index (χ1) is 25.1. The lowest BCUT2D eigenvalue weighted by Gasteiger charge is -2.36. The summed E-state index contributed by atoms with van der Waals surface area (Å²) in [5.74, 6) is 0.380. The minimum Gasteiger partial charge on any atom is -0.493 e. The second kappa shape index (κ2) is 17.8. The van der Waals surface area contributed by atoms with Crippen molar-refractivity contribution in [2.45, 2.75) is 34.1 Å². The largest absolute Gasteiger partial charge is 0.493 e. The molecule has 0 radical (unpaired) electrons. The Hall–Kier alpha value is -5.20. The Morgan fingerprint density at radius 2 is 1.60 bits per heavy atom. The number of piperazine rings is 1. The van der Waals surface area contributed by atoms with Gasteiger partial charge in [0.15, 0.2) is 11.5 Å². The van der Waals surface area contributed by atoms with Crippen LogP contribution in [-0.2, 0) is 0 Å². The highest BCUT2D eigenvalue weighted by Crippen LogP contribution is 2.35. The molecular formula is C40H52N8O4. The molecule has 5 rings (SSSR count). The molecule has 0 saturated carbocycles. The Labute approximate surface area is 307 Å². The Bertz CT molecular complexity index is 1800. The number of aryl methyl sites for hydroxylation is 2. The van der Waals surface area contributed by atoms with Gasteiger partial charge in [0.1, 0.15) is 5.56 Å². The molecule has 3 aromatic carbocycles. The molecule has 2 heterocycles. The van der Waals surface area contributed by atoms with Crippen LogP contribution in [0.5, 0.6) is 17.4 Å². The fourth-order valence-electron chi connectivity index (χ4n) is 6.26. The van der Waals surface area contributed by atoms with Gasteiger partial charge in [-0.05, 0) is 115 Å². The normalized spacial score (nSPS) is 13.2. The number of nitrogens with zero attached hydrogens (tertiary/aromatic N) is 6. The zero-order valence-electron chi connectivity index (χ0n) is 31.5.